The molecule has 0 spiro atoms. The van der Waals surface area contributed by atoms with E-state index in [1.165, 1.54) is 44.3 Å². The third-order valence-corrected chi connectivity index (χ3v) is 6.35. The first-order valence-electron chi connectivity index (χ1n) is 10.2. The van der Waals surface area contributed by atoms with Crippen LogP contribution in [0.2, 0.25) is 0 Å². The van der Waals surface area contributed by atoms with Crippen LogP contribution in [-0.2, 0) is 26.2 Å². The summed E-state index contributed by atoms with van der Waals surface area (Å²) in [5.41, 5.74) is 0.403. The molecule has 11 heteroatoms. The molecule has 1 N–H and O–H groups in total. The van der Waals surface area contributed by atoms with Crippen LogP contribution in [-0.4, -0.2) is 64.2 Å². The molecule has 0 radical (unpaired) electrons. The summed E-state index contributed by atoms with van der Waals surface area (Å²) >= 11 is 0. The minimum absolute atomic E-state index is 0.201. The highest BCUT2D eigenvalue weighted by molar-refractivity contribution is 7.92. The Balaban J connectivity index is 1.93. The SMILES string of the molecule is CNC(=O)[C@H](C)N(Cc1ccccc1F)C(=O)CN(c1ccc2c(c1)OCCO2)S(C)(=O)=O. The van der Waals surface area contributed by atoms with Crippen LogP contribution in [0, 0.1) is 5.82 Å². The number of carbonyl (C=O) groups is 2. The highest BCUT2D eigenvalue weighted by Gasteiger charge is 2.30. The van der Waals surface area contributed by atoms with Gasteiger partial charge in [0.25, 0.3) is 0 Å². The minimum Gasteiger partial charge on any atom is -0.486 e. The van der Waals surface area contributed by atoms with Gasteiger partial charge in [-0.2, -0.15) is 0 Å². The monoisotopic (exact) mass is 479 g/mol. The summed E-state index contributed by atoms with van der Waals surface area (Å²) in [5, 5.41) is 2.46. The summed E-state index contributed by atoms with van der Waals surface area (Å²) in [6, 6.07) is 9.46. The van der Waals surface area contributed by atoms with Gasteiger partial charge in [0.15, 0.2) is 11.5 Å². The molecule has 0 fully saturated rings. The molecule has 178 valence electrons. The first-order chi connectivity index (χ1) is 15.6. The molecular formula is C22H26FN3O6S. The molecule has 33 heavy (non-hydrogen) atoms. The van der Waals surface area contributed by atoms with E-state index in [0.29, 0.717) is 24.7 Å². The van der Waals surface area contributed by atoms with Gasteiger partial charge in [0.2, 0.25) is 21.8 Å². The normalized spacial score (nSPS) is 13.7. The number of fused-ring (bicyclic) bond motifs is 1. The van der Waals surface area contributed by atoms with E-state index in [9.17, 15) is 22.4 Å². The Morgan fingerprint density at radius 1 is 1.12 bits per heavy atom. The number of halogens is 1. The molecule has 0 aliphatic carbocycles. The molecule has 0 saturated heterocycles. The van der Waals surface area contributed by atoms with Gasteiger partial charge in [-0.05, 0) is 25.1 Å². The zero-order valence-corrected chi connectivity index (χ0v) is 19.4. The van der Waals surface area contributed by atoms with Crippen molar-refractivity contribution >= 4 is 27.5 Å². The highest BCUT2D eigenvalue weighted by Crippen LogP contribution is 2.34. The van der Waals surface area contributed by atoms with Crippen molar-refractivity contribution < 1.29 is 31.9 Å². The number of nitrogens with one attached hydrogen (secondary N) is 1. The standard InChI is InChI=1S/C22H26FN3O6S/c1-15(22(28)24-2)25(13-16-6-4-5-7-18(16)23)21(27)14-26(33(3,29)30)17-8-9-19-20(12-17)32-11-10-31-19/h4-9,12,15H,10-11,13-14H2,1-3H3,(H,24,28)/t15-/m0/s1. The molecule has 2 aromatic rings. The number of benzene rings is 2. The average Bonchev–Trinajstić information content (AvgIpc) is 2.79. The maximum Gasteiger partial charge on any atom is 0.244 e. The molecule has 3 rings (SSSR count). The molecule has 0 bridgehead atoms. The number of likely N-dealkylation sites (N-methyl/N-ethyl adjacent to an activating group) is 1. The van der Waals surface area contributed by atoms with E-state index in [1.54, 1.807) is 12.1 Å². The molecule has 1 aliphatic rings. The van der Waals surface area contributed by atoms with Crippen LogP contribution < -0.4 is 19.1 Å². The third-order valence-electron chi connectivity index (χ3n) is 5.21. The van der Waals surface area contributed by atoms with E-state index < -0.39 is 40.2 Å². The van der Waals surface area contributed by atoms with E-state index in [4.69, 9.17) is 9.47 Å². The average molecular weight is 480 g/mol. The zero-order chi connectivity index (χ0) is 24.2. The number of rotatable bonds is 8. The van der Waals surface area contributed by atoms with Crippen molar-refractivity contribution in [3.8, 4) is 11.5 Å². The van der Waals surface area contributed by atoms with Gasteiger partial charge in [0.05, 0.1) is 11.9 Å². The molecule has 1 atom stereocenters. The fourth-order valence-electron chi connectivity index (χ4n) is 3.40. The van der Waals surface area contributed by atoms with Gasteiger partial charge in [0.1, 0.15) is 31.6 Å². The van der Waals surface area contributed by atoms with Gasteiger partial charge in [-0.1, -0.05) is 18.2 Å². The Hall–Kier alpha value is -3.34. The van der Waals surface area contributed by atoms with E-state index in [0.717, 1.165) is 15.5 Å². The number of hydrogen-bond acceptors (Lipinski definition) is 6. The number of nitrogens with zero attached hydrogens (tertiary/aromatic N) is 2. The number of anilines is 1. The Morgan fingerprint density at radius 2 is 1.79 bits per heavy atom. The van der Waals surface area contributed by atoms with E-state index in [-0.39, 0.29) is 17.8 Å². The first kappa shape index (κ1) is 24.3. The van der Waals surface area contributed by atoms with Gasteiger partial charge in [-0.15, -0.1) is 0 Å². The van der Waals surface area contributed by atoms with Crippen LogP contribution in [0.15, 0.2) is 42.5 Å². The molecule has 2 aromatic carbocycles. The Bertz CT molecular complexity index is 1140. The van der Waals surface area contributed by atoms with Gasteiger partial charge < -0.3 is 19.7 Å². The molecule has 0 aromatic heterocycles. The summed E-state index contributed by atoms with van der Waals surface area (Å²) in [4.78, 5) is 26.7. The summed E-state index contributed by atoms with van der Waals surface area (Å²) in [5.74, 6) is -0.841. The number of sulfonamides is 1. The lowest BCUT2D eigenvalue weighted by Crippen LogP contribution is -2.50. The third kappa shape index (κ3) is 5.72. The number of amides is 2. The summed E-state index contributed by atoms with van der Waals surface area (Å²) in [6.07, 6.45) is 0.973. The van der Waals surface area contributed by atoms with Crippen LogP contribution in [0.5, 0.6) is 11.5 Å². The fourth-order valence-corrected chi connectivity index (χ4v) is 4.24. The van der Waals surface area contributed by atoms with Crippen molar-refractivity contribution in [1.82, 2.24) is 10.2 Å². The molecule has 0 saturated carbocycles. The first-order valence-corrected chi connectivity index (χ1v) is 12.1. The van der Waals surface area contributed by atoms with Crippen molar-refractivity contribution in [3.63, 3.8) is 0 Å². The quantitative estimate of drug-likeness (QED) is 0.616. The summed E-state index contributed by atoms with van der Waals surface area (Å²) in [7, 11) is -2.47. The Morgan fingerprint density at radius 3 is 2.42 bits per heavy atom. The number of carbonyl (C=O) groups excluding carboxylic acids is 2. The second-order valence-electron chi connectivity index (χ2n) is 7.50. The molecule has 0 unspecified atom stereocenters. The largest absolute Gasteiger partial charge is 0.486 e. The second-order valence-corrected chi connectivity index (χ2v) is 9.41. The van der Waals surface area contributed by atoms with Crippen LogP contribution in [0.1, 0.15) is 12.5 Å². The number of ether oxygens (including phenoxy) is 2. The topological polar surface area (TPSA) is 105 Å². The van der Waals surface area contributed by atoms with E-state index in [1.807, 2.05) is 0 Å². The molecule has 9 nitrogen and oxygen atoms in total. The highest BCUT2D eigenvalue weighted by atomic mass is 32.2. The van der Waals surface area contributed by atoms with Crippen molar-refractivity contribution in [2.24, 2.45) is 0 Å². The van der Waals surface area contributed by atoms with Crippen molar-refractivity contribution in [1.29, 1.82) is 0 Å². The lowest BCUT2D eigenvalue weighted by atomic mass is 10.1. The Labute approximate surface area is 192 Å². The predicted molar refractivity (Wildman–Crippen MR) is 120 cm³/mol. The van der Waals surface area contributed by atoms with Crippen molar-refractivity contribution in [2.75, 3.05) is 37.4 Å². The maximum absolute atomic E-state index is 14.3. The van der Waals surface area contributed by atoms with Gasteiger partial charge in [-0.3, -0.25) is 13.9 Å². The Kier molecular flexibility index (Phi) is 7.42. The second kappa shape index (κ2) is 10.1. The fraction of sp³-hybridized carbons (Fsp3) is 0.364. The van der Waals surface area contributed by atoms with E-state index >= 15 is 0 Å². The molecular weight excluding hydrogens is 453 g/mol. The predicted octanol–water partition coefficient (Wildman–Crippen LogP) is 1.53. The van der Waals surface area contributed by atoms with Crippen molar-refractivity contribution in [3.05, 3.63) is 53.8 Å². The van der Waals surface area contributed by atoms with Crippen molar-refractivity contribution in [2.45, 2.75) is 19.5 Å². The summed E-state index contributed by atoms with van der Waals surface area (Å²) < 4.78 is 51.3. The minimum atomic E-state index is -3.89. The maximum atomic E-state index is 14.3. The van der Waals surface area contributed by atoms with Crippen LogP contribution in [0.3, 0.4) is 0 Å². The molecule has 1 heterocycles. The van der Waals surface area contributed by atoms with Crippen LogP contribution in [0.25, 0.3) is 0 Å². The lowest BCUT2D eigenvalue weighted by Gasteiger charge is -2.31. The molecule has 1 aliphatic heterocycles. The summed E-state index contributed by atoms with van der Waals surface area (Å²) in [6.45, 7) is 1.39. The van der Waals surface area contributed by atoms with Gasteiger partial charge in [-0.25, -0.2) is 12.8 Å². The molecule has 2 amide bonds. The number of hydrogen-bond donors (Lipinski definition) is 1. The van der Waals surface area contributed by atoms with Gasteiger partial charge in [0, 0.05) is 25.2 Å². The van der Waals surface area contributed by atoms with E-state index in [2.05, 4.69) is 5.32 Å². The van der Waals surface area contributed by atoms with Crippen LogP contribution in [0.4, 0.5) is 10.1 Å². The van der Waals surface area contributed by atoms with Gasteiger partial charge >= 0.3 is 0 Å². The smallest absolute Gasteiger partial charge is 0.244 e. The zero-order valence-electron chi connectivity index (χ0n) is 18.6. The van der Waals surface area contributed by atoms with Crippen LogP contribution >= 0.6 is 0 Å². The lowest BCUT2D eigenvalue weighted by molar-refractivity contribution is -0.139.